The molecule has 23 heavy (non-hydrogen) atoms. The standard InChI is InChI=1S/C19H20N2O2/c1-21(13-14-6-4-3-5-7-14)19(22)10-15-12-20-18-9-8-16(23-2)11-17(15)18/h3-9,11-12,20H,10,13H2,1-2H3. The van der Waals surface area contributed by atoms with Crippen molar-refractivity contribution < 1.29 is 9.53 Å². The van der Waals surface area contributed by atoms with Crippen LogP contribution in [0.3, 0.4) is 0 Å². The van der Waals surface area contributed by atoms with Crippen molar-refractivity contribution in [3.05, 3.63) is 65.9 Å². The molecule has 0 fully saturated rings. The van der Waals surface area contributed by atoms with E-state index in [2.05, 4.69) is 4.98 Å². The lowest BCUT2D eigenvalue weighted by atomic mass is 10.1. The molecule has 0 saturated heterocycles. The van der Waals surface area contributed by atoms with E-state index in [-0.39, 0.29) is 5.91 Å². The first-order valence-electron chi connectivity index (χ1n) is 7.59. The zero-order valence-corrected chi connectivity index (χ0v) is 13.4. The van der Waals surface area contributed by atoms with E-state index in [1.54, 1.807) is 12.0 Å². The number of rotatable bonds is 5. The van der Waals surface area contributed by atoms with Gasteiger partial charge in [0.05, 0.1) is 13.5 Å². The monoisotopic (exact) mass is 308 g/mol. The van der Waals surface area contributed by atoms with Crippen LogP contribution >= 0.6 is 0 Å². The zero-order chi connectivity index (χ0) is 16.2. The van der Waals surface area contributed by atoms with Crippen LogP contribution in [-0.2, 0) is 17.8 Å². The van der Waals surface area contributed by atoms with Crippen LogP contribution in [0.25, 0.3) is 10.9 Å². The van der Waals surface area contributed by atoms with Gasteiger partial charge >= 0.3 is 0 Å². The topological polar surface area (TPSA) is 45.3 Å². The van der Waals surface area contributed by atoms with Crippen LogP contribution in [-0.4, -0.2) is 29.9 Å². The molecule has 0 radical (unpaired) electrons. The summed E-state index contributed by atoms with van der Waals surface area (Å²) in [6.07, 6.45) is 2.27. The third-order valence-electron chi connectivity index (χ3n) is 4.00. The van der Waals surface area contributed by atoms with Crippen molar-refractivity contribution >= 4 is 16.8 Å². The Morgan fingerprint density at radius 1 is 1.17 bits per heavy atom. The summed E-state index contributed by atoms with van der Waals surface area (Å²) in [5.74, 6) is 0.890. The predicted molar refractivity (Wildman–Crippen MR) is 91.5 cm³/mol. The summed E-state index contributed by atoms with van der Waals surface area (Å²) in [6, 6.07) is 15.8. The Labute approximate surface area is 135 Å². The largest absolute Gasteiger partial charge is 0.497 e. The molecular weight excluding hydrogens is 288 g/mol. The number of methoxy groups -OCH3 is 1. The number of aromatic nitrogens is 1. The molecule has 3 rings (SSSR count). The van der Waals surface area contributed by atoms with Gasteiger partial charge in [-0.05, 0) is 29.3 Å². The first kappa shape index (κ1) is 15.2. The van der Waals surface area contributed by atoms with Crippen LogP contribution in [0.5, 0.6) is 5.75 Å². The molecule has 0 aliphatic heterocycles. The highest BCUT2D eigenvalue weighted by Crippen LogP contribution is 2.24. The number of aromatic amines is 1. The van der Waals surface area contributed by atoms with E-state index in [4.69, 9.17) is 4.74 Å². The van der Waals surface area contributed by atoms with Crippen molar-refractivity contribution in [3.8, 4) is 5.75 Å². The molecule has 1 aromatic heterocycles. The first-order valence-corrected chi connectivity index (χ1v) is 7.59. The second kappa shape index (κ2) is 6.57. The van der Waals surface area contributed by atoms with Gasteiger partial charge in [-0.15, -0.1) is 0 Å². The van der Waals surface area contributed by atoms with Gasteiger partial charge < -0.3 is 14.6 Å². The number of hydrogen-bond donors (Lipinski definition) is 1. The van der Waals surface area contributed by atoms with E-state index < -0.39 is 0 Å². The molecule has 4 nitrogen and oxygen atoms in total. The second-order valence-corrected chi connectivity index (χ2v) is 5.64. The average molecular weight is 308 g/mol. The molecule has 0 bridgehead atoms. The molecule has 0 atom stereocenters. The fourth-order valence-electron chi connectivity index (χ4n) is 2.67. The molecule has 0 spiro atoms. The predicted octanol–water partition coefficient (Wildman–Crippen LogP) is 3.38. The van der Waals surface area contributed by atoms with Crippen molar-refractivity contribution in [2.45, 2.75) is 13.0 Å². The molecule has 0 aliphatic rings. The molecule has 2 aromatic carbocycles. The molecule has 3 aromatic rings. The molecule has 0 aliphatic carbocycles. The lowest BCUT2D eigenvalue weighted by Crippen LogP contribution is -2.27. The van der Waals surface area contributed by atoms with Crippen molar-refractivity contribution in [1.82, 2.24) is 9.88 Å². The van der Waals surface area contributed by atoms with Crippen LogP contribution in [0.4, 0.5) is 0 Å². The number of carbonyl (C=O) groups excluding carboxylic acids is 1. The Balaban J connectivity index is 1.74. The van der Waals surface area contributed by atoms with Gasteiger partial charge in [0.1, 0.15) is 5.75 Å². The lowest BCUT2D eigenvalue weighted by molar-refractivity contribution is -0.129. The number of nitrogens with zero attached hydrogens (tertiary/aromatic N) is 1. The molecule has 118 valence electrons. The number of nitrogens with one attached hydrogen (secondary N) is 1. The Kier molecular flexibility index (Phi) is 4.33. The number of benzene rings is 2. The summed E-state index contributed by atoms with van der Waals surface area (Å²) in [7, 11) is 3.48. The number of likely N-dealkylation sites (N-methyl/N-ethyl adjacent to an activating group) is 1. The summed E-state index contributed by atoms with van der Waals surface area (Å²) in [4.78, 5) is 17.5. The number of carbonyl (C=O) groups is 1. The second-order valence-electron chi connectivity index (χ2n) is 5.64. The highest BCUT2D eigenvalue weighted by molar-refractivity contribution is 5.89. The van der Waals surface area contributed by atoms with E-state index >= 15 is 0 Å². The van der Waals surface area contributed by atoms with Crippen molar-refractivity contribution in [2.24, 2.45) is 0 Å². The third kappa shape index (κ3) is 3.37. The Morgan fingerprint density at radius 3 is 2.70 bits per heavy atom. The van der Waals surface area contributed by atoms with Gasteiger partial charge in [0.2, 0.25) is 5.91 Å². The minimum atomic E-state index is 0.0950. The minimum Gasteiger partial charge on any atom is -0.497 e. The van der Waals surface area contributed by atoms with Crippen LogP contribution < -0.4 is 4.74 Å². The highest BCUT2D eigenvalue weighted by atomic mass is 16.5. The normalized spacial score (nSPS) is 10.7. The zero-order valence-electron chi connectivity index (χ0n) is 13.4. The smallest absolute Gasteiger partial charge is 0.227 e. The van der Waals surface area contributed by atoms with E-state index in [0.717, 1.165) is 27.8 Å². The van der Waals surface area contributed by atoms with Crippen molar-refractivity contribution in [1.29, 1.82) is 0 Å². The maximum absolute atomic E-state index is 12.5. The van der Waals surface area contributed by atoms with Gasteiger partial charge in [-0.3, -0.25) is 4.79 Å². The first-order chi connectivity index (χ1) is 11.2. The summed E-state index contributed by atoms with van der Waals surface area (Å²) in [5, 5.41) is 1.03. The average Bonchev–Trinajstić information content (AvgIpc) is 2.97. The van der Waals surface area contributed by atoms with Gasteiger partial charge in [-0.25, -0.2) is 0 Å². The minimum absolute atomic E-state index is 0.0950. The summed E-state index contributed by atoms with van der Waals surface area (Å²) in [6.45, 7) is 0.616. The van der Waals surface area contributed by atoms with Crippen molar-refractivity contribution in [2.75, 3.05) is 14.2 Å². The Hall–Kier alpha value is -2.75. The van der Waals surface area contributed by atoms with Gasteiger partial charge in [0, 0.05) is 30.7 Å². The van der Waals surface area contributed by atoms with Gasteiger partial charge in [0.15, 0.2) is 0 Å². The third-order valence-corrected chi connectivity index (χ3v) is 4.00. The molecule has 1 amide bonds. The van der Waals surface area contributed by atoms with E-state index in [1.807, 2.05) is 61.8 Å². The fraction of sp³-hybridized carbons (Fsp3) is 0.211. The highest BCUT2D eigenvalue weighted by Gasteiger charge is 2.13. The summed E-state index contributed by atoms with van der Waals surface area (Å²) < 4.78 is 5.27. The van der Waals surface area contributed by atoms with Gasteiger partial charge in [-0.1, -0.05) is 30.3 Å². The number of ether oxygens (including phenoxy) is 1. The van der Waals surface area contributed by atoms with E-state index in [1.165, 1.54) is 0 Å². The maximum Gasteiger partial charge on any atom is 0.227 e. The van der Waals surface area contributed by atoms with Crippen molar-refractivity contribution in [3.63, 3.8) is 0 Å². The fourth-order valence-corrected chi connectivity index (χ4v) is 2.67. The Bertz CT molecular complexity index is 809. The summed E-state index contributed by atoms with van der Waals surface area (Å²) in [5.41, 5.74) is 3.13. The number of amides is 1. The number of fused-ring (bicyclic) bond motifs is 1. The number of H-pyrrole nitrogens is 1. The SMILES string of the molecule is COc1ccc2[nH]cc(CC(=O)N(C)Cc3ccccc3)c2c1. The van der Waals surface area contributed by atoms with Crippen LogP contribution in [0.2, 0.25) is 0 Å². The van der Waals surface area contributed by atoms with Crippen LogP contribution in [0.1, 0.15) is 11.1 Å². The molecule has 0 unspecified atom stereocenters. The van der Waals surface area contributed by atoms with Gasteiger partial charge in [0.25, 0.3) is 0 Å². The molecule has 1 heterocycles. The molecule has 4 heteroatoms. The van der Waals surface area contributed by atoms with Crippen LogP contribution in [0, 0.1) is 0 Å². The molecule has 1 N–H and O–H groups in total. The lowest BCUT2D eigenvalue weighted by Gasteiger charge is -2.17. The molecule has 0 saturated carbocycles. The maximum atomic E-state index is 12.5. The number of hydrogen-bond acceptors (Lipinski definition) is 2. The van der Waals surface area contributed by atoms with Gasteiger partial charge in [-0.2, -0.15) is 0 Å². The van der Waals surface area contributed by atoms with Crippen LogP contribution in [0.15, 0.2) is 54.7 Å². The Morgan fingerprint density at radius 2 is 1.96 bits per heavy atom. The molecular formula is C19H20N2O2. The van der Waals surface area contributed by atoms with E-state index in [0.29, 0.717) is 13.0 Å². The summed E-state index contributed by atoms with van der Waals surface area (Å²) >= 11 is 0. The quantitative estimate of drug-likeness (QED) is 0.785. The van der Waals surface area contributed by atoms with E-state index in [9.17, 15) is 4.79 Å².